The fourth-order valence-electron chi connectivity index (χ4n) is 1.30. The standard InChI is InChI=1S/C9H9N3O/c1-12-6-10-8-4-7(5-11-13)2-3-9(8)12/h2-6,13H,1H3. The van der Waals surface area contributed by atoms with Crippen LogP contribution in [-0.4, -0.2) is 21.0 Å². The summed E-state index contributed by atoms with van der Waals surface area (Å²) in [6, 6.07) is 5.69. The van der Waals surface area contributed by atoms with Gasteiger partial charge in [-0.15, -0.1) is 0 Å². The van der Waals surface area contributed by atoms with Crippen molar-refractivity contribution in [3.63, 3.8) is 0 Å². The molecule has 4 heteroatoms. The molecule has 2 rings (SSSR count). The molecule has 0 atom stereocenters. The van der Waals surface area contributed by atoms with Crippen molar-refractivity contribution in [2.75, 3.05) is 0 Å². The molecule has 0 spiro atoms. The van der Waals surface area contributed by atoms with Gasteiger partial charge in [0.05, 0.1) is 23.6 Å². The number of benzene rings is 1. The van der Waals surface area contributed by atoms with E-state index in [2.05, 4.69) is 10.1 Å². The van der Waals surface area contributed by atoms with Gasteiger partial charge in [0.15, 0.2) is 0 Å². The lowest BCUT2D eigenvalue weighted by Gasteiger charge is -1.94. The zero-order valence-electron chi connectivity index (χ0n) is 7.18. The number of aryl methyl sites for hydroxylation is 1. The highest BCUT2D eigenvalue weighted by Gasteiger charge is 1.98. The molecule has 1 N–H and O–H groups in total. The highest BCUT2D eigenvalue weighted by atomic mass is 16.4. The molecule has 0 amide bonds. The normalized spacial score (nSPS) is 11.5. The lowest BCUT2D eigenvalue weighted by atomic mass is 10.2. The summed E-state index contributed by atoms with van der Waals surface area (Å²) in [6.45, 7) is 0. The van der Waals surface area contributed by atoms with Crippen molar-refractivity contribution in [1.82, 2.24) is 9.55 Å². The second-order valence-electron chi connectivity index (χ2n) is 2.85. The maximum atomic E-state index is 8.34. The molecule has 0 fully saturated rings. The molecule has 0 aliphatic heterocycles. The van der Waals surface area contributed by atoms with E-state index in [1.807, 2.05) is 29.8 Å². The largest absolute Gasteiger partial charge is 0.411 e. The smallest absolute Gasteiger partial charge is 0.0955 e. The van der Waals surface area contributed by atoms with Crippen LogP contribution >= 0.6 is 0 Å². The minimum absolute atomic E-state index is 0.841. The number of oxime groups is 1. The Morgan fingerprint density at radius 2 is 2.38 bits per heavy atom. The first kappa shape index (κ1) is 7.79. The molecule has 0 aliphatic carbocycles. The quantitative estimate of drug-likeness (QED) is 0.404. The molecule has 0 saturated carbocycles. The molecule has 0 bridgehead atoms. The Balaban J connectivity index is 2.63. The van der Waals surface area contributed by atoms with Gasteiger partial charge in [-0.25, -0.2) is 4.98 Å². The van der Waals surface area contributed by atoms with Crippen LogP contribution in [0.25, 0.3) is 11.0 Å². The molecule has 1 heterocycles. The summed E-state index contributed by atoms with van der Waals surface area (Å²) in [7, 11) is 1.94. The molecule has 13 heavy (non-hydrogen) atoms. The summed E-state index contributed by atoms with van der Waals surface area (Å²) in [4.78, 5) is 4.18. The van der Waals surface area contributed by atoms with Crippen LogP contribution in [0, 0.1) is 0 Å². The maximum absolute atomic E-state index is 8.34. The molecule has 0 radical (unpaired) electrons. The molecule has 0 aliphatic rings. The third-order valence-electron chi connectivity index (χ3n) is 1.96. The topological polar surface area (TPSA) is 50.4 Å². The lowest BCUT2D eigenvalue weighted by molar-refractivity contribution is 0.322. The van der Waals surface area contributed by atoms with Gasteiger partial charge in [-0.1, -0.05) is 11.2 Å². The van der Waals surface area contributed by atoms with Crippen LogP contribution in [0.15, 0.2) is 29.7 Å². The van der Waals surface area contributed by atoms with Gasteiger partial charge < -0.3 is 9.77 Å². The van der Waals surface area contributed by atoms with E-state index in [1.54, 1.807) is 6.33 Å². The third kappa shape index (κ3) is 1.26. The molecule has 1 aromatic carbocycles. The van der Waals surface area contributed by atoms with Gasteiger partial charge in [0.25, 0.3) is 0 Å². The Morgan fingerprint density at radius 3 is 3.15 bits per heavy atom. The van der Waals surface area contributed by atoms with Gasteiger partial charge in [-0.2, -0.15) is 0 Å². The van der Waals surface area contributed by atoms with E-state index in [-0.39, 0.29) is 0 Å². The molecule has 4 nitrogen and oxygen atoms in total. The Labute approximate surface area is 75.1 Å². The van der Waals surface area contributed by atoms with Crippen molar-refractivity contribution in [3.8, 4) is 0 Å². The van der Waals surface area contributed by atoms with Crippen LogP contribution < -0.4 is 0 Å². The first-order chi connectivity index (χ1) is 6.31. The van der Waals surface area contributed by atoms with Gasteiger partial charge in [0.2, 0.25) is 0 Å². The van der Waals surface area contributed by atoms with Crippen LogP contribution in [0.4, 0.5) is 0 Å². The van der Waals surface area contributed by atoms with Gasteiger partial charge >= 0.3 is 0 Å². The van der Waals surface area contributed by atoms with E-state index in [4.69, 9.17) is 5.21 Å². The highest BCUT2D eigenvalue weighted by Crippen LogP contribution is 2.12. The summed E-state index contributed by atoms with van der Waals surface area (Å²) in [5.41, 5.74) is 2.81. The minimum Gasteiger partial charge on any atom is -0.411 e. The summed E-state index contributed by atoms with van der Waals surface area (Å²) in [6.07, 6.45) is 3.14. The summed E-state index contributed by atoms with van der Waals surface area (Å²) < 4.78 is 1.94. The summed E-state index contributed by atoms with van der Waals surface area (Å²) in [5, 5.41) is 11.3. The summed E-state index contributed by atoms with van der Waals surface area (Å²) in [5.74, 6) is 0. The lowest BCUT2D eigenvalue weighted by Crippen LogP contribution is -1.85. The number of hydrogen-bond acceptors (Lipinski definition) is 3. The second kappa shape index (κ2) is 2.90. The van der Waals surface area contributed by atoms with Crippen LogP contribution in [0.3, 0.4) is 0 Å². The maximum Gasteiger partial charge on any atom is 0.0955 e. The van der Waals surface area contributed by atoms with Crippen LogP contribution in [-0.2, 0) is 7.05 Å². The number of nitrogens with zero attached hydrogens (tertiary/aromatic N) is 3. The van der Waals surface area contributed by atoms with Crippen molar-refractivity contribution in [2.45, 2.75) is 0 Å². The molecule has 0 unspecified atom stereocenters. The first-order valence-electron chi connectivity index (χ1n) is 3.90. The number of aromatic nitrogens is 2. The predicted molar refractivity (Wildman–Crippen MR) is 50.1 cm³/mol. The zero-order valence-corrected chi connectivity index (χ0v) is 7.18. The van der Waals surface area contributed by atoms with Crippen molar-refractivity contribution in [1.29, 1.82) is 0 Å². The zero-order chi connectivity index (χ0) is 9.26. The second-order valence-corrected chi connectivity index (χ2v) is 2.85. The Kier molecular flexibility index (Phi) is 1.73. The third-order valence-corrected chi connectivity index (χ3v) is 1.96. The molecule has 1 aromatic heterocycles. The Bertz CT molecular complexity index is 459. The number of imidazole rings is 1. The Hall–Kier alpha value is -1.84. The van der Waals surface area contributed by atoms with Crippen LogP contribution in [0.2, 0.25) is 0 Å². The average molecular weight is 175 g/mol. The van der Waals surface area contributed by atoms with E-state index in [1.165, 1.54) is 6.21 Å². The number of fused-ring (bicyclic) bond motifs is 1. The average Bonchev–Trinajstić information content (AvgIpc) is 2.48. The van der Waals surface area contributed by atoms with Crippen molar-refractivity contribution in [2.24, 2.45) is 12.2 Å². The van der Waals surface area contributed by atoms with E-state index in [0.29, 0.717) is 0 Å². The molecule has 0 saturated heterocycles. The van der Waals surface area contributed by atoms with Gasteiger partial charge in [0, 0.05) is 7.05 Å². The first-order valence-corrected chi connectivity index (χ1v) is 3.90. The van der Waals surface area contributed by atoms with Crippen LogP contribution in [0.1, 0.15) is 5.56 Å². The minimum atomic E-state index is 0.841. The molecule has 2 aromatic rings. The van der Waals surface area contributed by atoms with Gasteiger partial charge in [0.1, 0.15) is 0 Å². The van der Waals surface area contributed by atoms with Crippen LogP contribution in [0.5, 0.6) is 0 Å². The van der Waals surface area contributed by atoms with E-state index >= 15 is 0 Å². The van der Waals surface area contributed by atoms with Gasteiger partial charge in [-0.3, -0.25) is 0 Å². The molecular formula is C9H9N3O. The number of rotatable bonds is 1. The predicted octanol–water partition coefficient (Wildman–Crippen LogP) is 1.38. The van der Waals surface area contributed by atoms with Crippen molar-refractivity contribution >= 4 is 17.2 Å². The fraction of sp³-hybridized carbons (Fsp3) is 0.111. The number of hydrogen-bond donors (Lipinski definition) is 1. The van der Waals surface area contributed by atoms with E-state index < -0.39 is 0 Å². The molecule has 66 valence electrons. The molecular weight excluding hydrogens is 166 g/mol. The monoisotopic (exact) mass is 175 g/mol. The fourth-order valence-corrected chi connectivity index (χ4v) is 1.30. The van der Waals surface area contributed by atoms with Crippen molar-refractivity contribution in [3.05, 3.63) is 30.1 Å². The summed E-state index contributed by atoms with van der Waals surface area (Å²) >= 11 is 0. The Morgan fingerprint density at radius 1 is 1.54 bits per heavy atom. The van der Waals surface area contributed by atoms with Crippen molar-refractivity contribution < 1.29 is 5.21 Å². The SMILES string of the molecule is Cn1cnc2cc(C=NO)ccc21. The highest BCUT2D eigenvalue weighted by molar-refractivity contribution is 5.86. The van der Waals surface area contributed by atoms with Gasteiger partial charge in [-0.05, 0) is 17.7 Å². The van der Waals surface area contributed by atoms with E-state index in [0.717, 1.165) is 16.6 Å². The van der Waals surface area contributed by atoms with E-state index in [9.17, 15) is 0 Å².